The molecule has 4 rings (SSSR count). The molecule has 4 heteroatoms. The van der Waals surface area contributed by atoms with Gasteiger partial charge in [-0.1, -0.05) is 49.6 Å². The second-order valence-corrected chi connectivity index (χ2v) is 7.28. The maximum absolute atomic E-state index is 8.76. The number of nitrogens with one attached hydrogen (secondary N) is 1. The standard InChI is InChI=1S/C21H26N4/c1-15-16(2)25(18-11-7-4-8-12-18)21-19(15)20(22)24(14-23-21)13-17-9-5-3-6-10-17/h3,5-6,9-10,14,18,22H,4,7-8,11-13H2,1-2H3. The monoisotopic (exact) mass is 334 g/mol. The molecule has 1 saturated carbocycles. The maximum atomic E-state index is 8.76. The van der Waals surface area contributed by atoms with Gasteiger partial charge in [0.1, 0.15) is 11.1 Å². The normalized spacial score (nSPS) is 15.8. The molecule has 130 valence electrons. The average Bonchev–Trinajstić information content (AvgIpc) is 2.90. The molecule has 1 aliphatic carbocycles. The number of nitrogens with zero attached hydrogens (tertiary/aromatic N) is 3. The van der Waals surface area contributed by atoms with E-state index in [9.17, 15) is 0 Å². The van der Waals surface area contributed by atoms with E-state index in [4.69, 9.17) is 10.4 Å². The summed E-state index contributed by atoms with van der Waals surface area (Å²) in [6.07, 6.45) is 8.27. The zero-order valence-electron chi connectivity index (χ0n) is 15.1. The van der Waals surface area contributed by atoms with Crippen LogP contribution in [-0.2, 0) is 6.54 Å². The van der Waals surface area contributed by atoms with Gasteiger partial charge in [0.15, 0.2) is 0 Å². The first kappa shape index (κ1) is 16.1. The summed E-state index contributed by atoms with van der Waals surface area (Å²) in [6.45, 7) is 5.02. The lowest BCUT2D eigenvalue weighted by Gasteiger charge is -2.25. The quantitative estimate of drug-likeness (QED) is 0.754. The minimum atomic E-state index is 0.543. The Morgan fingerprint density at radius 3 is 2.52 bits per heavy atom. The molecule has 0 amide bonds. The molecule has 0 unspecified atom stereocenters. The molecular formula is C21H26N4. The summed E-state index contributed by atoms with van der Waals surface area (Å²) in [5, 5.41) is 9.78. The molecule has 2 aromatic heterocycles. The van der Waals surface area contributed by atoms with Gasteiger partial charge >= 0.3 is 0 Å². The van der Waals surface area contributed by atoms with Crippen LogP contribution in [0.25, 0.3) is 11.0 Å². The molecule has 3 aromatic rings. The molecule has 0 atom stereocenters. The van der Waals surface area contributed by atoms with Gasteiger partial charge in [-0.3, -0.25) is 5.41 Å². The molecule has 1 aromatic carbocycles. The molecule has 0 bridgehead atoms. The molecule has 0 saturated heterocycles. The van der Waals surface area contributed by atoms with Crippen molar-refractivity contribution >= 4 is 11.0 Å². The van der Waals surface area contributed by atoms with Crippen molar-refractivity contribution in [2.75, 3.05) is 0 Å². The van der Waals surface area contributed by atoms with E-state index in [0.717, 1.165) is 11.0 Å². The third-order valence-electron chi connectivity index (χ3n) is 5.71. The van der Waals surface area contributed by atoms with Gasteiger partial charge in [-0.15, -0.1) is 0 Å². The van der Waals surface area contributed by atoms with Gasteiger partial charge in [-0.25, -0.2) is 4.98 Å². The van der Waals surface area contributed by atoms with Crippen LogP contribution in [0.5, 0.6) is 0 Å². The first-order valence-corrected chi connectivity index (χ1v) is 9.32. The van der Waals surface area contributed by atoms with Crippen molar-refractivity contribution in [1.29, 1.82) is 5.41 Å². The Labute approximate surface area is 148 Å². The summed E-state index contributed by atoms with van der Waals surface area (Å²) in [7, 11) is 0. The lowest BCUT2D eigenvalue weighted by atomic mass is 9.95. The van der Waals surface area contributed by atoms with Gasteiger partial charge in [0.2, 0.25) is 0 Å². The van der Waals surface area contributed by atoms with Gasteiger partial charge in [0, 0.05) is 11.7 Å². The lowest BCUT2D eigenvalue weighted by molar-refractivity contribution is 0.355. The molecule has 1 N–H and O–H groups in total. The van der Waals surface area contributed by atoms with Crippen molar-refractivity contribution in [2.24, 2.45) is 0 Å². The summed E-state index contributed by atoms with van der Waals surface area (Å²) in [4.78, 5) is 4.80. The lowest BCUT2D eigenvalue weighted by Crippen LogP contribution is -2.22. The minimum Gasteiger partial charge on any atom is -0.326 e. The molecular weight excluding hydrogens is 308 g/mol. The number of hydrogen-bond donors (Lipinski definition) is 1. The van der Waals surface area contributed by atoms with Gasteiger partial charge in [0.05, 0.1) is 18.3 Å². The molecule has 0 radical (unpaired) electrons. The third kappa shape index (κ3) is 2.80. The van der Waals surface area contributed by atoms with Crippen molar-refractivity contribution in [2.45, 2.75) is 58.5 Å². The molecule has 25 heavy (non-hydrogen) atoms. The largest absolute Gasteiger partial charge is 0.326 e. The minimum absolute atomic E-state index is 0.543. The van der Waals surface area contributed by atoms with Crippen molar-refractivity contribution in [3.8, 4) is 0 Å². The highest BCUT2D eigenvalue weighted by molar-refractivity contribution is 5.80. The van der Waals surface area contributed by atoms with Crippen LogP contribution in [0, 0.1) is 19.3 Å². The van der Waals surface area contributed by atoms with Gasteiger partial charge in [0.25, 0.3) is 0 Å². The number of benzene rings is 1. The SMILES string of the molecule is Cc1c(C)n(C2CCCCC2)c2ncn(Cc3ccccc3)c(=N)c12. The average molecular weight is 334 g/mol. The van der Waals surface area contributed by atoms with Crippen LogP contribution in [0.15, 0.2) is 36.7 Å². The van der Waals surface area contributed by atoms with Gasteiger partial charge < -0.3 is 9.13 Å². The summed E-state index contributed by atoms with van der Waals surface area (Å²) < 4.78 is 4.37. The zero-order chi connectivity index (χ0) is 17.4. The van der Waals surface area contributed by atoms with Crippen molar-refractivity contribution in [3.63, 3.8) is 0 Å². The Balaban J connectivity index is 1.82. The van der Waals surface area contributed by atoms with E-state index < -0.39 is 0 Å². The van der Waals surface area contributed by atoms with Crippen LogP contribution < -0.4 is 5.49 Å². The molecule has 0 spiro atoms. The predicted molar refractivity (Wildman–Crippen MR) is 101 cm³/mol. The summed E-state index contributed by atoms with van der Waals surface area (Å²) >= 11 is 0. The molecule has 0 aliphatic heterocycles. The smallest absolute Gasteiger partial charge is 0.146 e. The van der Waals surface area contributed by atoms with Crippen molar-refractivity contribution in [1.82, 2.24) is 14.1 Å². The number of aryl methyl sites for hydroxylation is 1. The Morgan fingerprint density at radius 2 is 1.80 bits per heavy atom. The van der Waals surface area contributed by atoms with E-state index in [1.165, 1.54) is 48.9 Å². The van der Waals surface area contributed by atoms with Crippen LogP contribution in [-0.4, -0.2) is 14.1 Å². The summed E-state index contributed by atoms with van der Waals surface area (Å²) in [5.41, 5.74) is 5.25. The summed E-state index contributed by atoms with van der Waals surface area (Å²) in [5.74, 6) is 0. The van der Waals surface area contributed by atoms with Crippen LogP contribution in [0.2, 0.25) is 0 Å². The topological polar surface area (TPSA) is 46.6 Å². The van der Waals surface area contributed by atoms with E-state index in [0.29, 0.717) is 18.1 Å². The van der Waals surface area contributed by atoms with Crippen LogP contribution in [0.3, 0.4) is 0 Å². The first-order chi connectivity index (χ1) is 12.2. The predicted octanol–water partition coefficient (Wildman–Crippen LogP) is 4.49. The number of hydrogen-bond acceptors (Lipinski definition) is 2. The fourth-order valence-corrected chi connectivity index (χ4v) is 4.23. The van der Waals surface area contributed by atoms with E-state index in [2.05, 4.69) is 30.5 Å². The molecule has 2 heterocycles. The summed E-state index contributed by atoms with van der Waals surface area (Å²) in [6, 6.07) is 10.8. The van der Waals surface area contributed by atoms with Crippen molar-refractivity contribution in [3.05, 3.63) is 59.0 Å². The fraction of sp³-hybridized carbons (Fsp3) is 0.429. The Kier molecular flexibility index (Phi) is 4.20. The first-order valence-electron chi connectivity index (χ1n) is 9.32. The van der Waals surface area contributed by atoms with Gasteiger partial charge in [-0.2, -0.15) is 0 Å². The zero-order valence-corrected chi connectivity index (χ0v) is 15.1. The second kappa shape index (κ2) is 6.51. The van der Waals surface area contributed by atoms with E-state index in [-0.39, 0.29) is 0 Å². The van der Waals surface area contributed by atoms with E-state index in [1.807, 2.05) is 29.1 Å². The Hall–Kier alpha value is -2.36. The molecule has 1 aliphatic rings. The van der Waals surface area contributed by atoms with Gasteiger partial charge in [-0.05, 0) is 37.8 Å². The van der Waals surface area contributed by atoms with Crippen LogP contribution in [0.1, 0.15) is 55.0 Å². The van der Waals surface area contributed by atoms with Crippen LogP contribution in [0.4, 0.5) is 0 Å². The van der Waals surface area contributed by atoms with E-state index >= 15 is 0 Å². The van der Waals surface area contributed by atoms with Crippen LogP contribution >= 0.6 is 0 Å². The highest BCUT2D eigenvalue weighted by Gasteiger charge is 2.22. The molecule has 1 fully saturated rings. The van der Waals surface area contributed by atoms with E-state index in [1.54, 1.807) is 0 Å². The molecule has 4 nitrogen and oxygen atoms in total. The van der Waals surface area contributed by atoms with Crippen molar-refractivity contribution < 1.29 is 0 Å². The number of aromatic nitrogens is 3. The highest BCUT2D eigenvalue weighted by atomic mass is 15.1. The maximum Gasteiger partial charge on any atom is 0.146 e. The second-order valence-electron chi connectivity index (χ2n) is 7.28. The Morgan fingerprint density at radius 1 is 1.08 bits per heavy atom. The highest BCUT2D eigenvalue weighted by Crippen LogP contribution is 2.33. The third-order valence-corrected chi connectivity index (χ3v) is 5.71. The number of fused-ring (bicyclic) bond motifs is 1. The fourth-order valence-electron chi connectivity index (χ4n) is 4.23. The Bertz CT molecular complexity index is 943. The number of rotatable bonds is 3.